The molecule has 0 radical (unpaired) electrons. The van der Waals surface area contributed by atoms with Gasteiger partial charge in [-0.1, -0.05) is 41.4 Å². The minimum Gasteiger partial charge on any atom is -0.272 e. The highest BCUT2D eigenvalue weighted by atomic mass is 35.5. The van der Waals surface area contributed by atoms with E-state index in [9.17, 15) is 13.2 Å². The number of aryl methyl sites for hydroxylation is 3. The third-order valence-electron chi connectivity index (χ3n) is 4.90. The normalized spacial score (nSPS) is 11.8. The van der Waals surface area contributed by atoms with Crippen molar-refractivity contribution in [3.63, 3.8) is 0 Å². The zero-order valence-corrected chi connectivity index (χ0v) is 20.2. The van der Waals surface area contributed by atoms with Gasteiger partial charge in [0.2, 0.25) is 10.0 Å². The summed E-state index contributed by atoms with van der Waals surface area (Å²) in [6.07, 6.45) is 4.68. The van der Waals surface area contributed by atoms with Gasteiger partial charge in [0.05, 0.1) is 17.7 Å². The van der Waals surface area contributed by atoms with Crippen molar-refractivity contribution in [3.05, 3.63) is 93.8 Å². The number of halogens is 1. The summed E-state index contributed by atoms with van der Waals surface area (Å²) in [5, 5.41) is 4.47. The molecular weight excluding hydrogens is 460 g/mol. The van der Waals surface area contributed by atoms with Crippen LogP contribution in [0.3, 0.4) is 0 Å². The van der Waals surface area contributed by atoms with Crippen LogP contribution in [-0.4, -0.2) is 36.4 Å². The van der Waals surface area contributed by atoms with Crippen LogP contribution in [0.2, 0.25) is 5.02 Å². The number of rotatable bonds is 8. The number of nitrogens with one attached hydrogen (secondary N) is 1. The van der Waals surface area contributed by atoms with E-state index in [4.69, 9.17) is 11.6 Å². The van der Waals surface area contributed by atoms with Gasteiger partial charge in [0.15, 0.2) is 0 Å². The molecule has 0 aliphatic heterocycles. The molecule has 0 fully saturated rings. The van der Waals surface area contributed by atoms with Gasteiger partial charge in [-0.05, 0) is 67.3 Å². The molecular formula is C24H25ClN4O3S. The van der Waals surface area contributed by atoms with Crippen LogP contribution in [-0.2, 0) is 21.4 Å². The number of sulfonamides is 1. The zero-order valence-electron chi connectivity index (χ0n) is 18.6. The summed E-state index contributed by atoms with van der Waals surface area (Å²) in [5.74, 6) is -0.555. The molecule has 2 aromatic carbocycles. The molecule has 0 saturated heterocycles. The van der Waals surface area contributed by atoms with Gasteiger partial charge in [0, 0.05) is 24.0 Å². The number of hydrogen-bond donors (Lipinski definition) is 1. The minimum absolute atomic E-state index is 0.00769. The van der Waals surface area contributed by atoms with Crippen molar-refractivity contribution in [2.75, 3.05) is 6.54 Å². The molecule has 33 heavy (non-hydrogen) atoms. The zero-order chi connectivity index (χ0) is 24.0. The maximum atomic E-state index is 13.7. The molecule has 7 nitrogen and oxygen atoms in total. The van der Waals surface area contributed by atoms with E-state index in [1.807, 2.05) is 19.1 Å². The Balaban J connectivity index is 1.88. The number of benzene rings is 2. The Morgan fingerprint density at radius 2 is 1.67 bits per heavy atom. The molecule has 0 aliphatic rings. The van der Waals surface area contributed by atoms with Crippen LogP contribution in [0.15, 0.2) is 70.9 Å². The van der Waals surface area contributed by atoms with E-state index in [1.54, 1.807) is 62.6 Å². The van der Waals surface area contributed by atoms with Crippen LogP contribution in [0.4, 0.5) is 0 Å². The molecule has 3 aromatic rings. The Bertz CT molecular complexity index is 1240. The highest BCUT2D eigenvalue weighted by Crippen LogP contribution is 2.26. The molecule has 1 heterocycles. The molecule has 0 spiro atoms. The molecule has 0 aliphatic carbocycles. The first-order valence-electron chi connectivity index (χ1n) is 10.2. The van der Waals surface area contributed by atoms with E-state index in [-0.39, 0.29) is 11.4 Å². The average Bonchev–Trinajstić information content (AvgIpc) is 2.74. The van der Waals surface area contributed by atoms with Crippen molar-refractivity contribution in [1.29, 1.82) is 0 Å². The number of aromatic nitrogens is 1. The Morgan fingerprint density at radius 3 is 2.27 bits per heavy atom. The molecule has 1 amide bonds. The quantitative estimate of drug-likeness (QED) is 0.386. The molecule has 0 saturated carbocycles. The maximum Gasteiger partial charge on any atom is 0.255 e. The third-order valence-corrected chi connectivity index (χ3v) is 7.25. The average molecular weight is 485 g/mol. The molecule has 0 bridgehead atoms. The number of nitrogens with zero attached hydrogens (tertiary/aromatic N) is 3. The first kappa shape index (κ1) is 24.6. The summed E-state index contributed by atoms with van der Waals surface area (Å²) in [6, 6.07) is 13.9. The summed E-state index contributed by atoms with van der Waals surface area (Å²) in [7, 11) is -3.98. The van der Waals surface area contributed by atoms with Gasteiger partial charge >= 0.3 is 0 Å². The number of amides is 1. The fourth-order valence-corrected chi connectivity index (χ4v) is 5.47. The minimum atomic E-state index is -3.98. The van der Waals surface area contributed by atoms with Crippen molar-refractivity contribution in [1.82, 2.24) is 14.7 Å². The summed E-state index contributed by atoms with van der Waals surface area (Å²) in [5.41, 5.74) is 6.09. The van der Waals surface area contributed by atoms with Crippen LogP contribution < -0.4 is 5.43 Å². The van der Waals surface area contributed by atoms with Crippen molar-refractivity contribution >= 4 is 33.7 Å². The van der Waals surface area contributed by atoms with E-state index >= 15 is 0 Å². The van der Waals surface area contributed by atoms with Gasteiger partial charge in [0.1, 0.15) is 0 Å². The van der Waals surface area contributed by atoms with E-state index < -0.39 is 22.5 Å². The molecule has 3 rings (SSSR count). The Kier molecular flexibility index (Phi) is 7.97. The van der Waals surface area contributed by atoms with Crippen molar-refractivity contribution in [2.24, 2.45) is 5.10 Å². The first-order valence-corrected chi connectivity index (χ1v) is 12.0. The predicted molar refractivity (Wildman–Crippen MR) is 130 cm³/mol. The van der Waals surface area contributed by atoms with Gasteiger partial charge in [-0.25, -0.2) is 13.8 Å². The molecule has 1 aromatic heterocycles. The summed E-state index contributed by atoms with van der Waals surface area (Å²) in [6.45, 7) is 5.04. The highest BCUT2D eigenvalue weighted by Gasteiger charge is 2.30. The Hall–Kier alpha value is -3.07. The van der Waals surface area contributed by atoms with Gasteiger partial charge in [-0.2, -0.15) is 9.41 Å². The molecule has 172 valence electrons. The lowest BCUT2D eigenvalue weighted by atomic mass is 10.1. The first-order chi connectivity index (χ1) is 15.7. The van der Waals surface area contributed by atoms with Gasteiger partial charge in [-0.3, -0.25) is 9.78 Å². The monoisotopic (exact) mass is 484 g/mol. The molecule has 1 N–H and O–H groups in total. The number of carbonyl (C=O) groups is 1. The lowest BCUT2D eigenvalue weighted by Gasteiger charge is -2.24. The van der Waals surface area contributed by atoms with E-state index in [0.717, 1.165) is 15.4 Å². The lowest BCUT2D eigenvalue weighted by molar-refractivity contribution is -0.121. The van der Waals surface area contributed by atoms with Gasteiger partial charge in [0.25, 0.3) is 5.91 Å². The maximum absolute atomic E-state index is 13.7. The molecule has 0 unspecified atom stereocenters. The SMILES string of the molecule is Cc1cc(C)c(S(=O)(=O)N(CC(=O)NN=Cc2ccncc2)Cc2ccc(Cl)cc2)c(C)c1. The standard InChI is InChI=1S/C24H25ClN4O3S/c1-17-12-18(2)24(19(3)13-17)33(31,32)29(15-21-4-6-22(25)7-5-21)16-23(30)28-27-14-20-8-10-26-11-9-20/h4-14H,15-16H2,1-3H3,(H,28,30). The largest absolute Gasteiger partial charge is 0.272 e. The van der Waals surface area contributed by atoms with Crippen LogP contribution in [0.5, 0.6) is 0 Å². The molecule has 9 heteroatoms. The predicted octanol–water partition coefficient (Wildman–Crippen LogP) is 4.00. The van der Waals surface area contributed by atoms with Crippen LogP contribution >= 0.6 is 11.6 Å². The summed E-state index contributed by atoms with van der Waals surface area (Å²) < 4.78 is 28.5. The smallest absolute Gasteiger partial charge is 0.255 e. The van der Waals surface area contributed by atoms with Gasteiger partial charge in [-0.15, -0.1) is 0 Å². The van der Waals surface area contributed by atoms with Crippen molar-refractivity contribution < 1.29 is 13.2 Å². The van der Waals surface area contributed by atoms with Gasteiger partial charge < -0.3 is 0 Å². The van der Waals surface area contributed by atoms with Crippen molar-refractivity contribution in [3.8, 4) is 0 Å². The highest BCUT2D eigenvalue weighted by molar-refractivity contribution is 7.89. The van der Waals surface area contributed by atoms with E-state index in [0.29, 0.717) is 21.7 Å². The Morgan fingerprint density at radius 1 is 1.06 bits per heavy atom. The van der Waals surface area contributed by atoms with Crippen LogP contribution in [0.25, 0.3) is 0 Å². The summed E-state index contributed by atoms with van der Waals surface area (Å²) in [4.78, 5) is 16.7. The number of hydrazone groups is 1. The number of pyridine rings is 1. The molecule has 0 atom stereocenters. The second kappa shape index (κ2) is 10.7. The van der Waals surface area contributed by atoms with Crippen LogP contribution in [0.1, 0.15) is 27.8 Å². The fraction of sp³-hybridized carbons (Fsp3) is 0.208. The number of carbonyl (C=O) groups excluding carboxylic acids is 1. The second-order valence-corrected chi connectivity index (χ2v) is 10.0. The fourth-order valence-electron chi connectivity index (χ4n) is 3.55. The van der Waals surface area contributed by atoms with Crippen LogP contribution in [0, 0.1) is 20.8 Å². The topological polar surface area (TPSA) is 91.7 Å². The summed E-state index contributed by atoms with van der Waals surface area (Å²) >= 11 is 5.97. The third kappa shape index (κ3) is 6.47. The second-order valence-electron chi connectivity index (χ2n) is 7.70. The van der Waals surface area contributed by atoms with E-state index in [2.05, 4.69) is 15.5 Å². The number of hydrogen-bond acceptors (Lipinski definition) is 5. The Labute approximate surface area is 199 Å². The van der Waals surface area contributed by atoms with Crippen molar-refractivity contribution in [2.45, 2.75) is 32.2 Å². The van der Waals surface area contributed by atoms with E-state index in [1.165, 1.54) is 6.21 Å². The lowest BCUT2D eigenvalue weighted by Crippen LogP contribution is -2.39.